The molecular weight excluding hydrogens is 260 g/mol. The molecule has 19 heavy (non-hydrogen) atoms. The normalized spacial score (nSPS) is 11.4. The van der Waals surface area contributed by atoms with E-state index in [0.29, 0.717) is 5.28 Å². The van der Waals surface area contributed by atoms with Crippen molar-refractivity contribution in [2.24, 2.45) is 0 Å². The van der Waals surface area contributed by atoms with Gasteiger partial charge in [-0.15, -0.1) is 10.2 Å². The van der Waals surface area contributed by atoms with Gasteiger partial charge in [0.1, 0.15) is 5.82 Å². The molecule has 0 amide bonds. The molecule has 0 atom stereocenters. The number of hydrogen-bond donors (Lipinski definition) is 0. The van der Waals surface area contributed by atoms with Gasteiger partial charge < -0.3 is 0 Å². The first-order chi connectivity index (χ1) is 9.18. The van der Waals surface area contributed by atoms with Crippen molar-refractivity contribution < 1.29 is 0 Å². The third-order valence-electron chi connectivity index (χ3n) is 3.06. The minimum Gasteiger partial charge on any atom is -0.269 e. The number of pyridine rings is 1. The Kier molecular flexibility index (Phi) is 2.95. The minimum absolute atomic E-state index is 0.247. The van der Waals surface area contributed by atoms with E-state index in [1.165, 1.54) is 0 Å². The Bertz CT molecular complexity index is 728. The molecule has 0 N–H and O–H groups in total. The van der Waals surface area contributed by atoms with Gasteiger partial charge in [0.05, 0.1) is 5.69 Å². The Morgan fingerprint density at radius 1 is 1.16 bits per heavy atom. The number of rotatable bonds is 2. The third-order valence-corrected chi connectivity index (χ3v) is 3.31. The quantitative estimate of drug-likeness (QED) is 0.716. The second kappa shape index (κ2) is 4.63. The van der Waals surface area contributed by atoms with Crippen LogP contribution < -0.4 is 0 Å². The van der Waals surface area contributed by atoms with Gasteiger partial charge in [-0.05, 0) is 23.7 Å². The average molecular weight is 273 g/mol. The molecular formula is C14H13ClN4. The summed E-state index contributed by atoms with van der Waals surface area (Å²) in [5.74, 6) is 1.10. The minimum atomic E-state index is 0.247. The van der Waals surface area contributed by atoms with Crippen LogP contribution in [0.1, 0.15) is 25.6 Å². The maximum Gasteiger partial charge on any atom is 0.229 e. The van der Waals surface area contributed by atoms with Crippen LogP contribution >= 0.6 is 11.6 Å². The molecule has 0 saturated carbocycles. The van der Waals surface area contributed by atoms with E-state index in [9.17, 15) is 0 Å². The Hall–Kier alpha value is -1.94. The highest BCUT2D eigenvalue weighted by atomic mass is 35.5. The molecule has 0 radical (unpaired) electrons. The van der Waals surface area contributed by atoms with Gasteiger partial charge in [0.2, 0.25) is 5.28 Å². The van der Waals surface area contributed by atoms with Gasteiger partial charge in [0.25, 0.3) is 0 Å². The first-order valence-corrected chi connectivity index (χ1v) is 6.50. The number of aromatic nitrogens is 4. The third kappa shape index (κ3) is 1.98. The lowest BCUT2D eigenvalue weighted by atomic mass is 10.1. The van der Waals surface area contributed by atoms with Crippen LogP contribution in [0, 0.1) is 0 Å². The predicted octanol–water partition coefficient (Wildman–Crippen LogP) is 3.59. The van der Waals surface area contributed by atoms with E-state index < -0.39 is 0 Å². The Morgan fingerprint density at radius 3 is 2.79 bits per heavy atom. The maximum atomic E-state index is 6.20. The van der Waals surface area contributed by atoms with Gasteiger partial charge in [0, 0.05) is 29.1 Å². The molecule has 2 heterocycles. The Balaban J connectivity index is 2.34. The zero-order chi connectivity index (χ0) is 13.4. The van der Waals surface area contributed by atoms with E-state index in [-0.39, 0.29) is 5.92 Å². The van der Waals surface area contributed by atoms with Crippen LogP contribution in [0.5, 0.6) is 0 Å². The topological polar surface area (TPSA) is 43.6 Å². The van der Waals surface area contributed by atoms with Gasteiger partial charge in [-0.2, -0.15) is 0 Å². The van der Waals surface area contributed by atoms with E-state index in [4.69, 9.17) is 11.6 Å². The second-order valence-electron chi connectivity index (χ2n) is 4.69. The van der Waals surface area contributed by atoms with Crippen molar-refractivity contribution in [3.8, 4) is 5.69 Å². The van der Waals surface area contributed by atoms with Gasteiger partial charge in [-0.1, -0.05) is 26.0 Å². The summed E-state index contributed by atoms with van der Waals surface area (Å²) in [5, 5.41) is 10.7. The fraction of sp³-hybridized carbons (Fsp3) is 0.214. The van der Waals surface area contributed by atoms with Crippen LogP contribution in [-0.2, 0) is 0 Å². The zero-order valence-corrected chi connectivity index (χ0v) is 11.5. The summed E-state index contributed by atoms with van der Waals surface area (Å²) in [6.07, 6.45) is 3.62. The molecule has 0 spiro atoms. The van der Waals surface area contributed by atoms with Gasteiger partial charge in [-0.25, -0.2) is 0 Å². The number of nitrogens with zero attached hydrogens (tertiary/aromatic N) is 4. The van der Waals surface area contributed by atoms with Crippen molar-refractivity contribution in [1.82, 2.24) is 19.7 Å². The summed E-state index contributed by atoms with van der Waals surface area (Å²) >= 11 is 6.20. The fourth-order valence-electron chi connectivity index (χ4n) is 2.17. The zero-order valence-electron chi connectivity index (χ0n) is 10.7. The molecule has 0 fully saturated rings. The molecule has 1 aromatic carbocycles. The molecule has 3 rings (SSSR count). The van der Waals surface area contributed by atoms with Crippen molar-refractivity contribution >= 4 is 22.4 Å². The molecule has 2 aromatic heterocycles. The highest BCUT2D eigenvalue weighted by Crippen LogP contribution is 2.27. The van der Waals surface area contributed by atoms with Crippen molar-refractivity contribution in [3.05, 3.63) is 47.8 Å². The van der Waals surface area contributed by atoms with E-state index in [1.807, 2.05) is 35.0 Å². The molecule has 0 aliphatic heterocycles. The van der Waals surface area contributed by atoms with Crippen molar-refractivity contribution in [2.45, 2.75) is 19.8 Å². The highest BCUT2D eigenvalue weighted by molar-refractivity contribution is 6.28. The summed E-state index contributed by atoms with van der Waals surface area (Å²) in [6, 6.07) is 8.01. The van der Waals surface area contributed by atoms with Crippen molar-refractivity contribution in [2.75, 3.05) is 0 Å². The number of hydrogen-bond acceptors (Lipinski definition) is 3. The van der Waals surface area contributed by atoms with E-state index in [1.54, 1.807) is 6.20 Å². The molecule has 96 valence electrons. The predicted molar refractivity (Wildman–Crippen MR) is 75.8 cm³/mol. The summed E-state index contributed by atoms with van der Waals surface area (Å²) in [4.78, 5) is 4.14. The van der Waals surface area contributed by atoms with Crippen molar-refractivity contribution in [1.29, 1.82) is 0 Å². The average Bonchev–Trinajstić information content (AvgIpc) is 2.80. The fourth-order valence-corrected chi connectivity index (χ4v) is 2.39. The van der Waals surface area contributed by atoms with Crippen LogP contribution in [0.25, 0.3) is 16.5 Å². The van der Waals surface area contributed by atoms with Crippen LogP contribution in [-0.4, -0.2) is 19.7 Å². The van der Waals surface area contributed by atoms with E-state index in [2.05, 4.69) is 29.0 Å². The first kappa shape index (κ1) is 12.1. The summed E-state index contributed by atoms with van der Waals surface area (Å²) in [6.45, 7) is 4.15. The van der Waals surface area contributed by atoms with Crippen molar-refractivity contribution in [3.63, 3.8) is 0 Å². The van der Waals surface area contributed by atoms with Crippen LogP contribution in [0.4, 0.5) is 0 Å². The summed E-state index contributed by atoms with van der Waals surface area (Å²) in [7, 11) is 0. The maximum absolute atomic E-state index is 6.20. The smallest absolute Gasteiger partial charge is 0.229 e. The molecule has 0 saturated heterocycles. The van der Waals surface area contributed by atoms with Crippen LogP contribution in [0.15, 0.2) is 36.7 Å². The van der Waals surface area contributed by atoms with Gasteiger partial charge in [-0.3, -0.25) is 9.55 Å². The molecule has 3 aromatic rings. The Morgan fingerprint density at radius 2 is 2.00 bits per heavy atom. The van der Waals surface area contributed by atoms with Crippen LogP contribution in [0.2, 0.25) is 5.28 Å². The molecule has 0 aliphatic rings. The molecule has 4 nitrogen and oxygen atoms in total. The van der Waals surface area contributed by atoms with Crippen LogP contribution in [0.3, 0.4) is 0 Å². The lowest BCUT2D eigenvalue weighted by Gasteiger charge is -2.12. The highest BCUT2D eigenvalue weighted by Gasteiger charge is 2.16. The summed E-state index contributed by atoms with van der Waals surface area (Å²) < 4.78 is 1.90. The number of halogens is 1. The SMILES string of the molecule is CC(C)c1nnc(Cl)n1-c1cccc2cnccc12. The summed E-state index contributed by atoms with van der Waals surface area (Å²) in [5.41, 5.74) is 0.985. The van der Waals surface area contributed by atoms with E-state index in [0.717, 1.165) is 22.3 Å². The monoisotopic (exact) mass is 272 g/mol. The Labute approximate surface area is 116 Å². The lowest BCUT2D eigenvalue weighted by Crippen LogP contribution is -2.04. The number of benzene rings is 1. The second-order valence-corrected chi connectivity index (χ2v) is 5.03. The standard InChI is InChI=1S/C14H13ClN4/c1-9(2)13-17-18-14(15)19(13)12-5-3-4-10-8-16-7-6-11(10)12/h3-9H,1-2H3. The largest absolute Gasteiger partial charge is 0.269 e. The molecule has 5 heteroatoms. The molecule has 0 bridgehead atoms. The van der Waals surface area contributed by atoms with E-state index >= 15 is 0 Å². The lowest BCUT2D eigenvalue weighted by molar-refractivity contribution is 0.747. The van der Waals surface area contributed by atoms with Gasteiger partial charge >= 0.3 is 0 Å². The van der Waals surface area contributed by atoms with Gasteiger partial charge in [0.15, 0.2) is 0 Å². The number of fused-ring (bicyclic) bond motifs is 1. The molecule has 0 aliphatic carbocycles. The first-order valence-electron chi connectivity index (χ1n) is 6.12. The molecule has 0 unspecified atom stereocenters.